The van der Waals surface area contributed by atoms with Crippen LogP contribution in [0.15, 0.2) is 36.5 Å². The van der Waals surface area contributed by atoms with Crippen molar-refractivity contribution in [1.29, 1.82) is 0 Å². The number of hydrogen-bond acceptors (Lipinski definition) is 6. The van der Waals surface area contributed by atoms with Gasteiger partial charge in [-0.3, -0.25) is 9.59 Å². The van der Waals surface area contributed by atoms with Gasteiger partial charge < -0.3 is 23.9 Å². The van der Waals surface area contributed by atoms with Crippen molar-refractivity contribution in [2.75, 3.05) is 13.1 Å². The van der Waals surface area contributed by atoms with E-state index in [1.54, 1.807) is 6.07 Å². The van der Waals surface area contributed by atoms with Crippen LogP contribution in [-0.2, 0) is 29.7 Å². The minimum atomic E-state index is -0.526. The number of carbonyl (C=O) groups is 2. The molecule has 0 bridgehead atoms. The molecular weight excluding hydrogens is 518 g/mol. The third-order valence-corrected chi connectivity index (χ3v) is 8.17. The maximum Gasteiger partial charge on any atom is 0.306 e. The molecule has 1 aromatic carbocycles. The zero-order chi connectivity index (χ0) is 28.9. The lowest BCUT2D eigenvalue weighted by Gasteiger charge is -2.33. The van der Waals surface area contributed by atoms with Gasteiger partial charge in [0, 0.05) is 49.4 Å². The van der Waals surface area contributed by atoms with Crippen LogP contribution in [0, 0.1) is 11.8 Å². The lowest BCUT2D eigenvalue weighted by Crippen LogP contribution is -2.41. The highest BCUT2D eigenvalue weighted by Crippen LogP contribution is 2.36. The van der Waals surface area contributed by atoms with Crippen LogP contribution >= 0.6 is 0 Å². The van der Waals surface area contributed by atoms with Gasteiger partial charge in [0.15, 0.2) is 5.82 Å². The molecule has 9 heteroatoms. The minimum absolute atomic E-state index is 0.0621. The Balaban J connectivity index is 1.31. The predicted molar refractivity (Wildman–Crippen MR) is 157 cm³/mol. The number of esters is 1. The number of benzene rings is 1. The molecule has 0 radical (unpaired) electrons. The van der Waals surface area contributed by atoms with Crippen LogP contribution in [0.4, 0.5) is 0 Å². The molecule has 1 amide bonds. The molecule has 1 aliphatic heterocycles. The van der Waals surface area contributed by atoms with Gasteiger partial charge in [-0.05, 0) is 88.6 Å². The number of nitrogens with zero attached hydrogens (tertiary/aromatic N) is 5. The maximum absolute atomic E-state index is 13.7. The van der Waals surface area contributed by atoms with Crippen LogP contribution in [0.25, 0.3) is 33.6 Å². The summed E-state index contributed by atoms with van der Waals surface area (Å²) in [5.41, 5.74) is 4.07. The fourth-order valence-electron chi connectivity index (χ4n) is 6.15. The SMILES string of the molecule is Cn1c(-c2cc3cccnc3n2CC2CC2)nc2cc(C(=O)N3CCC[C@@H](CC(=O)OC(C)(C)C)C3)cc(CO)c21. The zero-order valence-corrected chi connectivity index (χ0v) is 24.4. The zero-order valence-electron chi connectivity index (χ0n) is 24.4. The van der Waals surface area contributed by atoms with Crippen molar-refractivity contribution in [3.05, 3.63) is 47.7 Å². The molecule has 9 nitrogen and oxygen atoms in total. The van der Waals surface area contributed by atoms with Gasteiger partial charge >= 0.3 is 5.97 Å². The number of aromatic nitrogens is 4. The lowest BCUT2D eigenvalue weighted by atomic mass is 9.94. The smallest absolute Gasteiger partial charge is 0.306 e. The molecule has 4 aromatic rings. The standard InChI is InChI=1S/C32H39N5O4/c1-32(2,3)41-27(39)13-21-7-6-12-36(17-21)31(40)23-14-24(19-38)28-25(15-23)34-30(35(28)4)26-16-22-8-5-11-33-29(22)37(26)18-20-9-10-20/h5,8,11,14-16,20-21,38H,6-7,9-10,12-13,17-19H2,1-4H3/t21-/m0/s1. The number of amides is 1. The highest BCUT2D eigenvalue weighted by molar-refractivity contribution is 5.99. The van der Waals surface area contributed by atoms with Crippen LogP contribution in [0.1, 0.15) is 68.8 Å². The second-order valence-electron chi connectivity index (χ2n) is 12.7. The first-order chi connectivity index (χ1) is 19.6. The van der Waals surface area contributed by atoms with Gasteiger partial charge in [0.05, 0.1) is 29.8 Å². The average Bonchev–Trinajstić information content (AvgIpc) is 3.60. The fourth-order valence-corrected chi connectivity index (χ4v) is 6.15. The van der Waals surface area contributed by atoms with E-state index >= 15 is 0 Å². The van der Waals surface area contributed by atoms with Gasteiger partial charge in [0.1, 0.15) is 11.2 Å². The van der Waals surface area contributed by atoms with E-state index in [1.165, 1.54) is 12.8 Å². The summed E-state index contributed by atoms with van der Waals surface area (Å²) >= 11 is 0. The van der Waals surface area contributed by atoms with E-state index in [1.807, 2.05) is 55.6 Å². The molecule has 4 heterocycles. The summed E-state index contributed by atoms with van der Waals surface area (Å²) < 4.78 is 9.79. The number of rotatable bonds is 7. The molecule has 6 rings (SSSR count). The molecule has 0 spiro atoms. The number of imidazole rings is 1. The Morgan fingerprint density at radius 3 is 2.66 bits per heavy atom. The number of likely N-dealkylation sites (tertiary alicyclic amines) is 1. The summed E-state index contributed by atoms with van der Waals surface area (Å²) in [5.74, 6) is 1.17. The van der Waals surface area contributed by atoms with Crippen molar-refractivity contribution in [1.82, 2.24) is 24.0 Å². The largest absolute Gasteiger partial charge is 0.460 e. The maximum atomic E-state index is 13.7. The van der Waals surface area contributed by atoms with Crippen molar-refractivity contribution in [2.24, 2.45) is 18.9 Å². The Bertz CT molecular complexity index is 1620. The summed E-state index contributed by atoms with van der Waals surface area (Å²) in [6.45, 7) is 7.43. The number of aryl methyl sites for hydroxylation is 1. The molecule has 1 saturated heterocycles. The normalized spacial score (nSPS) is 17.9. The number of aliphatic hydroxyl groups excluding tert-OH is 1. The van der Waals surface area contributed by atoms with E-state index in [0.29, 0.717) is 42.1 Å². The van der Waals surface area contributed by atoms with Crippen molar-refractivity contribution in [3.63, 3.8) is 0 Å². The molecule has 216 valence electrons. The molecule has 1 atom stereocenters. The Morgan fingerprint density at radius 1 is 1.12 bits per heavy atom. The number of fused-ring (bicyclic) bond motifs is 2. The second-order valence-corrected chi connectivity index (χ2v) is 12.7. The summed E-state index contributed by atoms with van der Waals surface area (Å²) in [4.78, 5) is 37.7. The molecule has 0 unspecified atom stereocenters. The number of ether oxygens (including phenoxy) is 1. The highest BCUT2D eigenvalue weighted by atomic mass is 16.6. The molecule has 2 fully saturated rings. The Labute approximate surface area is 240 Å². The van der Waals surface area contributed by atoms with Crippen molar-refractivity contribution in [2.45, 2.75) is 71.6 Å². The summed E-state index contributed by atoms with van der Waals surface area (Å²) in [6, 6.07) is 9.78. The molecule has 3 aromatic heterocycles. The molecule has 1 aliphatic carbocycles. The van der Waals surface area contributed by atoms with Crippen molar-refractivity contribution in [3.8, 4) is 11.5 Å². The Hall–Kier alpha value is -3.72. The van der Waals surface area contributed by atoms with Gasteiger partial charge in [-0.15, -0.1) is 0 Å². The van der Waals surface area contributed by atoms with E-state index in [2.05, 4.69) is 21.7 Å². The quantitative estimate of drug-likeness (QED) is 0.318. The van der Waals surface area contributed by atoms with Gasteiger partial charge in [-0.1, -0.05) is 0 Å². The monoisotopic (exact) mass is 557 g/mol. The number of carbonyl (C=O) groups excluding carboxylic acids is 2. The van der Waals surface area contributed by atoms with E-state index in [9.17, 15) is 14.7 Å². The molecule has 2 aliphatic rings. The fraction of sp³-hybridized carbons (Fsp3) is 0.500. The van der Waals surface area contributed by atoms with Crippen LogP contribution in [0.3, 0.4) is 0 Å². The highest BCUT2D eigenvalue weighted by Gasteiger charge is 2.30. The van der Waals surface area contributed by atoms with E-state index in [4.69, 9.17) is 9.72 Å². The Morgan fingerprint density at radius 2 is 1.93 bits per heavy atom. The summed E-state index contributed by atoms with van der Waals surface area (Å²) in [6.07, 6.45) is 6.30. The van der Waals surface area contributed by atoms with E-state index in [0.717, 1.165) is 47.5 Å². The number of piperidine rings is 1. The topological polar surface area (TPSA) is 102 Å². The van der Waals surface area contributed by atoms with E-state index < -0.39 is 5.60 Å². The third-order valence-electron chi connectivity index (χ3n) is 8.17. The first-order valence-electron chi connectivity index (χ1n) is 14.7. The van der Waals surface area contributed by atoms with Gasteiger partial charge in [0.25, 0.3) is 5.91 Å². The van der Waals surface area contributed by atoms with Crippen molar-refractivity contribution >= 4 is 33.9 Å². The first kappa shape index (κ1) is 27.4. The van der Waals surface area contributed by atoms with Gasteiger partial charge in [-0.2, -0.15) is 0 Å². The Kier molecular flexibility index (Phi) is 7.09. The van der Waals surface area contributed by atoms with Gasteiger partial charge in [0.2, 0.25) is 0 Å². The summed E-state index contributed by atoms with van der Waals surface area (Å²) in [5, 5.41) is 11.4. The number of aliphatic hydroxyl groups is 1. The first-order valence-corrected chi connectivity index (χ1v) is 14.7. The van der Waals surface area contributed by atoms with Crippen LogP contribution in [-0.4, -0.2) is 59.7 Å². The van der Waals surface area contributed by atoms with Crippen LogP contribution < -0.4 is 0 Å². The van der Waals surface area contributed by atoms with Crippen LogP contribution in [0.2, 0.25) is 0 Å². The average molecular weight is 558 g/mol. The minimum Gasteiger partial charge on any atom is -0.460 e. The third kappa shape index (κ3) is 5.60. The molecule has 41 heavy (non-hydrogen) atoms. The molecule has 1 saturated carbocycles. The lowest BCUT2D eigenvalue weighted by molar-refractivity contribution is -0.156. The second kappa shape index (κ2) is 10.6. The predicted octanol–water partition coefficient (Wildman–Crippen LogP) is 5.08. The number of hydrogen-bond donors (Lipinski definition) is 1. The van der Waals surface area contributed by atoms with Gasteiger partial charge in [-0.25, -0.2) is 9.97 Å². The molecular formula is C32H39N5O4. The summed E-state index contributed by atoms with van der Waals surface area (Å²) in [7, 11) is 1.96. The van der Waals surface area contributed by atoms with Crippen LogP contribution in [0.5, 0.6) is 0 Å². The van der Waals surface area contributed by atoms with E-state index in [-0.39, 0.29) is 24.4 Å². The van der Waals surface area contributed by atoms with Crippen molar-refractivity contribution < 1.29 is 19.4 Å². The molecule has 1 N–H and O–H groups in total. The number of pyridine rings is 1.